The zero-order valence-electron chi connectivity index (χ0n) is 8.41. The van der Waals surface area contributed by atoms with E-state index in [1.54, 1.807) is 0 Å². The van der Waals surface area contributed by atoms with Gasteiger partial charge in [-0.3, -0.25) is 9.71 Å². The summed E-state index contributed by atoms with van der Waals surface area (Å²) in [5, 5.41) is 0. The van der Waals surface area contributed by atoms with E-state index in [4.69, 9.17) is 0 Å². The highest BCUT2D eigenvalue weighted by atomic mass is 79.9. The van der Waals surface area contributed by atoms with Crippen LogP contribution in [0.25, 0.3) is 0 Å². The number of rotatable bonds is 3. The molecule has 0 amide bonds. The van der Waals surface area contributed by atoms with Gasteiger partial charge in [0.05, 0.1) is 18.1 Å². The SMILES string of the molecule is O=S(=O)(Nc1cncnc1)c1cncc(Br)c1. The Balaban J connectivity index is 2.32. The van der Waals surface area contributed by atoms with Crippen molar-refractivity contribution in [3.8, 4) is 0 Å². The fourth-order valence-corrected chi connectivity index (χ4v) is 2.64. The number of anilines is 1. The van der Waals surface area contributed by atoms with Gasteiger partial charge in [0.15, 0.2) is 0 Å². The molecule has 0 unspecified atom stereocenters. The Labute approximate surface area is 106 Å². The van der Waals surface area contributed by atoms with Gasteiger partial charge >= 0.3 is 0 Å². The first-order valence-electron chi connectivity index (χ1n) is 4.46. The predicted octanol–water partition coefficient (Wildman–Crippen LogP) is 1.43. The van der Waals surface area contributed by atoms with Crippen LogP contribution in [-0.4, -0.2) is 23.4 Å². The molecule has 8 heteroatoms. The molecule has 1 N–H and O–H groups in total. The van der Waals surface area contributed by atoms with Crippen molar-refractivity contribution in [3.05, 3.63) is 41.7 Å². The summed E-state index contributed by atoms with van der Waals surface area (Å²) in [4.78, 5) is 11.3. The second-order valence-corrected chi connectivity index (χ2v) is 5.67. The van der Waals surface area contributed by atoms with Gasteiger partial charge in [-0.2, -0.15) is 0 Å². The minimum atomic E-state index is -3.66. The minimum absolute atomic E-state index is 0.0655. The van der Waals surface area contributed by atoms with Crippen LogP contribution in [0.4, 0.5) is 5.69 Å². The lowest BCUT2D eigenvalue weighted by Crippen LogP contribution is -2.13. The number of halogens is 1. The van der Waals surface area contributed by atoms with E-state index in [-0.39, 0.29) is 4.90 Å². The van der Waals surface area contributed by atoms with Crippen molar-refractivity contribution in [1.29, 1.82) is 0 Å². The van der Waals surface area contributed by atoms with E-state index in [1.165, 1.54) is 37.2 Å². The molecule has 0 saturated carbocycles. The molecule has 17 heavy (non-hydrogen) atoms. The minimum Gasteiger partial charge on any atom is -0.276 e. The molecule has 0 aromatic carbocycles. The molecule has 2 aromatic rings. The van der Waals surface area contributed by atoms with Gasteiger partial charge in [-0.05, 0) is 22.0 Å². The van der Waals surface area contributed by atoms with Crippen LogP contribution in [0.2, 0.25) is 0 Å². The molecule has 0 spiro atoms. The Morgan fingerprint density at radius 1 is 1.06 bits per heavy atom. The number of nitrogens with one attached hydrogen (secondary N) is 1. The molecule has 0 atom stereocenters. The molecule has 2 rings (SSSR count). The monoisotopic (exact) mass is 314 g/mol. The van der Waals surface area contributed by atoms with Crippen molar-refractivity contribution in [2.45, 2.75) is 4.90 Å². The number of hydrogen-bond donors (Lipinski definition) is 1. The molecule has 6 nitrogen and oxygen atoms in total. The van der Waals surface area contributed by atoms with Gasteiger partial charge in [-0.15, -0.1) is 0 Å². The van der Waals surface area contributed by atoms with Gasteiger partial charge < -0.3 is 0 Å². The molecule has 0 aliphatic carbocycles. The molecule has 0 bridgehead atoms. The zero-order chi connectivity index (χ0) is 12.3. The average Bonchev–Trinajstić information content (AvgIpc) is 2.30. The van der Waals surface area contributed by atoms with Crippen LogP contribution in [0.3, 0.4) is 0 Å². The topological polar surface area (TPSA) is 84.8 Å². The molecule has 88 valence electrons. The first kappa shape index (κ1) is 11.9. The van der Waals surface area contributed by atoms with Crippen LogP contribution in [0.5, 0.6) is 0 Å². The van der Waals surface area contributed by atoms with E-state index >= 15 is 0 Å². The molecule has 0 radical (unpaired) electrons. The summed E-state index contributed by atoms with van der Waals surface area (Å²) < 4.78 is 26.8. The summed E-state index contributed by atoms with van der Waals surface area (Å²) in [5.74, 6) is 0. The molecule has 0 fully saturated rings. The largest absolute Gasteiger partial charge is 0.276 e. The number of sulfonamides is 1. The van der Waals surface area contributed by atoms with Gasteiger partial charge in [0, 0.05) is 16.9 Å². The first-order valence-corrected chi connectivity index (χ1v) is 6.74. The van der Waals surface area contributed by atoms with Gasteiger partial charge in [0.25, 0.3) is 10.0 Å². The van der Waals surface area contributed by atoms with Crippen molar-refractivity contribution in [3.63, 3.8) is 0 Å². The third-order valence-corrected chi connectivity index (χ3v) is 3.58. The predicted molar refractivity (Wildman–Crippen MR) is 64.8 cm³/mol. The second-order valence-electron chi connectivity index (χ2n) is 3.07. The van der Waals surface area contributed by atoms with Crippen molar-refractivity contribution in [2.24, 2.45) is 0 Å². The quantitative estimate of drug-likeness (QED) is 0.926. The van der Waals surface area contributed by atoms with E-state index in [0.29, 0.717) is 10.2 Å². The van der Waals surface area contributed by atoms with E-state index in [9.17, 15) is 8.42 Å². The summed E-state index contributed by atoms with van der Waals surface area (Å²) in [5.41, 5.74) is 0.299. The third-order valence-electron chi connectivity index (χ3n) is 1.80. The molecule has 0 saturated heterocycles. The second kappa shape index (κ2) is 4.76. The van der Waals surface area contributed by atoms with Crippen LogP contribution in [0.15, 0.2) is 46.5 Å². The summed E-state index contributed by atoms with van der Waals surface area (Å²) in [7, 11) is -3.66. The van der Waals surface area contributed by atoms with E-state index in [2.05, 4.69) is 35.6 Å². The average molecular weight is 315 g/mol. The van der Waals surface area contributed by atoms with Crippen molar-refractivity contribution >= 4 is 31.6 Å². The molecule has 2 aromatic heterocycles. The third kappa shape index (κ3) is 2.98. The normalized spacial score (nSPS) is 11.1. The van der Waals surface area contributed by atoms with Crippen LogP contribution in [-0.2, 0) is 10.0 Å². The smallest absolute Gasteiger partial charge is 0.263 e. The fraction of sp³-hybridized carbons (Fsp3) is 0. The Hall–Kier alpha value is -1.54. The lowest BCUT2D eigenvalue weighted by atomic mass is 10.5. The Morgan fingerprint density at radius 3 is 2.41 bits per heavy atom. The summed E-state index contributed by atoms with van der Waals surface area (Å²) >= 11 is 3.16. The number of pyridine rings is 1. The van der Waals surface area contributed by atoms with Crippen molar-refractivity contribution in [1.82, 2.24) is 15.0 Å². The molecule has 0 aliphatic heterocycles. The van der Waals surface area contributed by atoms with Gasteiger partial charge in [-0.1, -0.05) is 0 Å². The van der Waals surface area contributed by atoms with E-state index in [0.717, 1.165) is 0 Å². The maximum absolute atomic E-state index is 11.9. The maximum atomic E-state index is 11.9. The lowest BCUT2D eigenvalue weighted by Gasteiger charge is -2.06. The summed E-state index contributed by atoms with van der Waals surface area (Å²) in [6.07, 6.45) is 6.83. The standard InChI is InChI=1S/C9H7BrN4O2S/c10-7-1-9(5-11-2-7)17(15,16)14-8-3-12-6-13-4-8/h1-6,14H. The van der Waals surface area contributed by atoms with Crippen LogP contribution >= 0.6 is 15.9 Å². The Morgan fingerprint density at radius 2 is 1.76 bits per heavy atom. The molecular formula is C9H7BrN4O2S. The van der Waals surface area contributed by atoms with E-state index in [1.807, 2.05) is 0 Å². The zero-order valence-corrected chi connectivity index (χ0v) is 10.8. The number of hydrogen-bond acceptors (Lipinski definition) is 5. The van der Waals surface area contributed by atoms with Crippen LogP contribution in [0, 0.1) is 0 Å². The van der Waals surface area contributed by atoms with Crippen molar-refractivity contribution in [2.75, 3.05) is 4.72 Å². The Bertz CT molecular complexity index is 618. The van der Waals surface area contributed by atoms with Crippen molar-refractivity contribution < 1.29 is 8.42 Å². The highest BCUT2D eigenvalue weighted by Crippen LogP contribution is 2.17. The van der Waals surface area contributed by atoms with Crippen LogP contribution < -0.4 is 4.72 Å². The maximum Gasteiger partial charge on any atom is 0.263 e. The van der Waals surface area contributed by atoms with Crippen LogP contribution in [0.1, 0.15) is 0 Å². The van der Waals surface area contributed by atoms with Gasteiger partial charge in [-0.25, -0.2) is 18.4 Å². The number of nitrogens with zero attached hydrogens (tertiary/aromatic N) is 3. The molecule has 2 heterocycles. The lowest BCUT2D eigenvalue weighted by molar-refractivity contribution is 0.600. The summed E-state index contributed by atoms with van der Waals surface area (Å²) in [6.45, 7) is 0. The number of aromatic nitrogens is 3. The highest BCUT2D eigenvalue weighted by Gasteiger charge is 2.15. The molecular weight excluding hydrogens is 308 g/mol. The first-order chi connectivity index (χ1) is 8.08. The molecule has 0 aliphatic rings. The summed E-state index contributed by atoms with van der Waals surface area (Å²) in [6, 6.07) is 1.46. The van der Waals surface area contributed by atoms with E-state index < -0.39 is 10.0 Å². The van der Waals surface area contributed by atoms with Gasteiger partial charge in [0.2, 0.25) is 0 Å². The van der Waals surface area contributed by atoms with Gasteiger partial charge in [0.1, 0.15) is 11.2 Å². The fourth-order valence-electron chi connectivity index (χ4n) is 1.11. The highest BCUT2D eigenvalue weighted by molar-refractivity contribution is 9.10. The Kier molecular flexibility index (Phi) is 3.34.